The van der Waals surface area contributed by atoms with Crippen molar-refractivity contribution < 1.29 is 20.1 Å². The van der Waals surface area contributed by atoms with Crippen molar-refractivity contribution in [2.45, 2.75) is 83.7 Å². The lowest BCUT2D eigenvalue weighted by atomic mass is 9.47. The number of ether oxygens (including phenoxy) is 1. The van der Waals surface area contributed by atoms with Crippen LogP contribution in [0.2, 0.25) is 0 Å². The summed E-state index contributed by atoms with van der Waals surface area (Å²) >= 11 is 0. The molecule has 2 fully saturated rings. The summed E-state index contributed by atoms with van der Waals surface area (Å²) in [5.74, 6) is 0.997. The van der Waals surface area contributed by atoms with E-state index in [9.17, 15) is 15.3 Å². The summed E-state index contributed by atoms with van der Waals surface area (Å²) in [5.41, 5.74) is 1.73. The molecule has 0 aromatic carbocycles. The fraction of sp³-hybridized carbons (Fsp3) is 0.818. The van der Waals surface area contributed by atoms with Gasteiger partial charge in [0.1, 0.15) is 23.9 Å². The maximum atomic E-state index is 10.7. The quantitative estimate of drug-likeness (QED) is 0.533. The molecular formula is C22H34O4. The van der Waals surface area contributed by atoms with Crippen molar-refractivity contribution in [1.29, 1.82) is 0 Å². The van der Waals surface area contributed by atoms with Crippen molar-refractivity contribution in [1.82, 2.24) is 0 Å². The van der Waals surface area contributed by atoms with Gasteiger partial charge in [-0.05, 0) is 66.9 Å². The van der Waals surface area contributed by atoms with Gasteiger partial charge in [0, 0.05) is 0 Å². The Morgan fingerprint density at radius 1 is 1.19 bits per heavy atom. The molecule has 1 heterocycles. The van der Waals surface area contributed by atoms with Crippen LogP contribution in [0, 0.1) is 22.7 Å². The van der Waals surface area contributed by atoms with Gasteiger partial charge in [0.15, 0.2) is 0 Å². The van der Waals surface area contributed by atoms with Crippen molar-refractivity contribution in [3.63, 3.8) is 0 Å². The van der Waals surface area contributed by atoms with Crippen molar-refractivity contribution in [2.24, 2.45) is 22.7 Å². The highest BCUT2D eigenvalue weighted by atomic mass is 16.6. The summed E-state index contributed by atoms with van der Waals surface area (Å²) < 4.78 is 5.96. The second-order valence-corrected chi connectivity index (χ2v) is 10.1. The van der Waals surface area contributed by atoms with E-state index in [1.807, 2.05) is 0 Å². The van der Waals surface area contributed by atoms with Crippen LogP contribution in [0.1, 0.15) is 59.8 Å². The first-order chi connectivity index (χ1) is 12.2. The Bertz CT molecular complexity index is 651. The number of allylic oxidation sites excluding steroid dienone is 2. The Hall–Kier alpha value is -0.680. The van der Waals surface area contributed by atoms with Crippen LogP contribution in [0.5, 0.6) is 0 Å². The van der Waals surface area contributed by atoms with Crippen LogP contribution in [0.4, 0.5) is 0 Å². The summed E-state index contributed by atoms with van der Waals surface area (Å²) in [5, 5.41) is 30.6. The SMILES string of the molecule is CC1=CC[C@@H]2C(C)(C)CCC[C@]2(C)[C@@H]1C[C@]12O[C@H]1[C@@H](O)C(CO)=C[C@H]2O. The highest BCUT2D eigenvalue weighted by molar-refractivity contribution is 5.33. The predicted molar refractivity (Wildman–Crippen MR) is 100 cm³/mol. The Balaban J connectivity index is 1.65. The third kappa shape index (κ3) is 2.49. The van der Waals surface area contributed by atoms with Gasteiger partial charge in [0.2, 0.25) is 0 Å². The molecule has 3 aliphatic carbocycles. The lowest BCUT2D eigenvalue weighted by molar-refractivity contribution is -0.0506. The lowest BCUT2D eigenvalue weighted by Crippen LogP contribution is -2.51. The summed E-state index contributed by atoms with van der Waals surface area (Å²) in [4.78, 5) is 0. The molecule has 0 radical (unpaired) electrons. The third-order valence-electron chi connectivity index (χ3n) is 8.31. The normalized spacial score (nSPS) is 49.6. The van der Waals surface area contributed by atoms with Crippen LogP contribution >= 0.6 is 0 Å². The minimum atomic E-state index is -0.803. The average Bonchev–Trinajstić information content (AvgIpc) is 3.30. The number of epoxide rings is 1. The average molecular weight is 363 g/mol. The molecule has 0 aromatic heterocycles. The third-order valence-corrected chi connectivity index (χ3v) is 8.31. The van der Waals surface area contributed by atoms with Gasteiger partial charge in [0.05, 0.1) is 6.61 Å². The minimum absolute atomic E-state index is 0.206. The number of aliphatic hydroxyl groups is 3. The first kappa shape index (κ1) is 18.7. The van der Waals surface area contributed by atoms with Crippen molar-refractivity contribution >= 4 is 0 Å². The smallest absolute Gasteiger partial charge is 0.128 e. The van der Waals surface area contributed by atoms with Crippen molar-refractivity contribution in [3.05, 3.63) is 23.3 Å². The van der Waals surface area contributed by atoms with Crippen LogP contribution in [-0.2, 0) is 4.74 Å². The highest BCUT2D eigenvalue weighted by Crippen LogP contribution is 2.63. The maximum absolute atomic E-state index is 10.7. The molecule has 1 saturated carbocycles. The molecule has 0 bridgehead atoms. The zero-order valence-corrected chi connectivity index (χ0v) is 16.5. The molecule has 4 rings (SSSR count). The van der Waals surface area contributed by atoms with Crippen LogP contribution in [0.3, 0.4) is 0 Å². The van der Waals surface area contributed by atoms with E-state index in [2.05, 4.69) is 33.8 Å². The summed E-state index contributed by atoms with van der Waals surface area (Å²) in [7, 11) is 0. The van der Waals surface area contributed by atoms with Crippen LogP contribution in [-0.4, -0.2) is 45.8 Å². The molecule has 0 amide bonds. The van der Waals surface area contributed by atoms with Gasteiger partial charge in [0.25, 0.3) is 0 Å². The van der Waals surface area contributed by atoms with E-state index in [1.165, 1.54) is 24.8 Å². The molecule has 26 heavy (non-hydrogen) atoms. The van der Waals surface area contributed by atoms with Crippen LogP contribution < -0.4 is 0 Å². The molecule has 0 unspecified atom stereocenters. The molecule has 3 N–H and O–H groups in total. The van der Waals surface area contributed by atoms with Crippen LogP contribution in [0.25, 0.3) is 0 Å². The van der Waals surface area contributed by atoms with Crippen LogP contribution in [0.15, 0.2) is 23.3 Å². The summed E-state index contributed by atoms with van der Waals surface area (Å²) in [6.45, 7) is 9.25. The molecule has 7 atom stereocenters. The minimum Gasteiger partial charge on any atom is -0.392 e. The molecule has 4 heteroatoms. The number of rotatable bonds is 3. The fourth-order valence-corrected chi connectivity index (χ4v) is 6.69. The van der Waals surface area contributed by atoms with Gasteiger partial charge >= 0.3 is 0 Å². The molecule has 4 aliphatic rings. The summed E-state index contributed by atoms with van der Waals surface area (Å²) in [6.07, 6.45) is 7.70. The second-order valence-electron chi connectivity index (χ2n) is 10.1. The van der Waals surface area contributed by atoms with Gasteiger partial charge in [-0.2, -0.15) is 0 Å². The Labute approximate surface area is 156 Å². The zero-order valence-electron chi connectivity index (χ0n) is 16.5. The standard InChI is InChI=1S/C22H34O4/c1-13-6-7-16-20(2,3)8-5-9-21(16,4)15(13)11-22-17(24)10-14(12-23)18(25)19(22)26-22/h6,10,15-19,23-25H,5,7-9,11-12H2,1-4H3/t15-,16-,17-,18+,19+,21-,22-/m1/s1. The fourth-order valence-electron chi connectivity index (χ4n) is 6.69. The van der Waals surface area contributed by atoms with E-state index < -0.39 is 23.9 Å². The van der Waals surface area contributed by atoms with Gasteiger partial charge in [-0.15, -0.1) is 0 Å². The monoisotopic (exact) mass is 362 g/mol. The largest absolute Gasteiger partial charge is 0.392 e. The maximum Gasteiger partial charge on any atom is 0.128 e. The molecule has 1 saturated heterocycles. The zero-order chi connectivity index (χ0) is 18.9. The first-order valence-corrected chi connectivity index (χ1v) is 10.2. The molecular weight excluding hydrogens is 328 g/mol. The topological polar surface area (TPSA) is 73.2 Å². The predicted octanol–water partition coefficient (Wildman–Crippen LogP) is 2.97. The first-order valence-electron chi connectivity index (χ1n) is 10.2. The number of hydrogen-bond acceptors (Lipinski definition) is 4. The van der Waals surface area contributed by atoms with Gasteiger partial charge in [-0.3, -0.25) is 0 Å². The van der Waals surface area contributed by atoms with E-state index in [4.69, 9.17) is 4.74 Å². The number of fused-ring (bicyclic) bond motifs is 2. The Kier molecular flexibility index (Phi) is 4.24. The molecule has 146 valence electrons. The second kappa shape index (κ2) is 5.91. The van der Waals surface area contributed by atoms with E-state index in [0.29, 0.717) is 22.8 Å². The molecule has 0 spiro atoms. The number of aliphatic hydroxyl groups excluding tert-OH is 3. The van der Waals surface area contributed by atoms with Gasteiger partial charge in [-0.1, -0.05) is 38.8 Å². The Morgan fingerprint density at radius 2 is 1.92 bits per heavy atom. The van der Waals surface area contributed by atoms with E-state index in [1.54, 1.807) is 6.08 Å². The van der Waals surface area contributed by atoms with E-state index >= 15 is 0 Å². The van der Waals surface area contributed by atoms with Crippen molar-refractivity contribution in [2.75, 3.05) is 6.61 Å². The molecule has 0 aromatic rings. The Morgan fingerprint density at radius 3 is 2.62 bits per heavy atom. The molecule has 1 aliphatic heterocycles. The highest BCUT2D eigenvalue weighted by Gasteiger charge is 2.68. The van der Waals surface area contributed by atoms with E-state index in [0.717, 1.165) is 12.8 Å². The van der Waals surface area contributed by atoms with Gasteiger partial charge < -0.3 is 20.1 Å². The number of hydrogen-bond donors (Lipinski definition) is 3. The van der Waals surface area contributed by atoms with Gasteiger partial charge in [-0.25, -0.2) is 0 Å². The van der Waals surface area contributed by atoms with E-state index in [-0.39, 0.29) is 12.0 Å². The summed E-state index contributed by atoms with van der Waals surface area (Å²) in [6, 6.07) is 0. The van der Waals surface area contributed by atoms with Crippen molar-refractivity contribution in [3.8, 4) is 0 Å². The lowest BCUT2D eigenvalue weighted by Gasteiger charge is -2.57. The molecule has 4 nitrogen and oxygen atoms in total.